The molecule has 112 valence electrons. The van der Waals surface area contributed by atoms with Crippen molar-refractivity contribution in [1.29, 1.82) is 0 Å². The van der Waals surface area contributed by atoms with Gasteiger partial charge in [-0.3, -0.25) is 15.6 Å². The average Bonchev–Trinajstić information content (AvgIpc) is 2.95. The van der Waals surface area contributed by atoms with Gasteiger partial charge in [-0.25, -0.2) is 4.39 Å². The van der Waals surface area contributed by atoms with Gasteiger partial charge in [0.1, 0.15) is 11.6 Å². The van der Waals surface area contributed by atoms with Gasteiger partial charge in [0, 0.05) is 4.70 Å². The summed E-state index contributed by atoms with van der Waals surface area (Å²) in [5.74, 6) is 0.104. The van der Waals surface area contributed by atoms with Crippen molar-refractivity contribution in [2.45, 2.75) is 0 Å². The third-order valence-corrected chi connectivity index (χ3v) is 4.21. The highest BCUT2D eigenvalue weighted by molar-refractivity contribution is 7.20. The van der Waals surface area contributed by atoms with Crippen LogP contribution in [-0.2, 0) is 0 Å². The quantitative estimate of drug-likeness (QED) is 0.720. The number of methoxy groups -OCH3 is 1. The standard InChI is InChI=1S/C16H13FN2O2S/c1-21-13-5-6-14-10(7-13)8-15(22-14)16(20)19-18-12-4-2-3-11(17)9-12/h2-9,18H,1H3,(H,19,20). The molecule has 0 unspecified atom stereocenters. The third-order valence-electron chi connectivity index (χ3n) is 3.09. The molecule has 0 saturated carbocycles. The number of anilines is 1. The summed E-state index contributed by atoms with van der Waals surface area (Å²) in [5, 5.41) is 0.945. The van der Waals surface area contributed by atoms with Gasteiger partial charge >= 0.3 is 0 Å². The van der Waals surface area contributed by atoms with E-state index in [0.717, 1.165) is 15.8 Å². The van der Waals surface area contributed by atoms with Crippen molar-refractivity contribution in [3.63, 3.8) is 0 Å². The Morgan fingerprint density at radius 1 is 1.18 bits per heavy atom. The minimum absolute atomic E-state index is 0.274. The van der Waals surface area contributed by atoms with E-state index in [-0.39, 0.29) is 11.7 Å². The van der Waals surface area contributed by atoms with Crippen LogP contribution in [0, 0.1) is 5.82 Å². The van der Waals surface area contributed by atoms with Crippen molar-refractivity contribution in [2.24, 2.45) is 0 Å². The molecule has 0 fully saturated rings. The van der Waals surface area contributed by atoms with Crippen LogP contribution >= 0.6 is 11.3 Å². The molecule has 22 heavy (non-hydrogen) atoms. The topological polar surface area (TPSA) is 50.4 Å². The van der Waals surface area contributed by atoms with Crippen molar-refractivity contribution in [2.75, 3.05) is 12.5 Å². The first kappa shape index (κ1) is 14.3. The van der Waals surface area contributed by atoms with E-state index in [2.05, 4.69) is 10.9 Å². The number of hydrogen-bond donors (Lipinski definition) is 2. The lowest BCUT2D eigenvalue weighted by Gasteiger charge is -2.06. The summed E-state index contributed by atoms with van der Waals surface area (Å²) >= 11 is 1.38. The molecule has 0 radical (unpaired) electrons. The second kappa shape index (κ2) is 6.03. The van der Waals surface area contributed by atoms with Crippen LogP contribution in [0.2, 0.25) is 0 Å². The lowest BCUT2D eigenvalue weighted by molar-refractivity contribution is 0.0966. The largest absolute Gasteiger partial charge is 0.497 e. The van der Waals surface area contributed by atoms with Crippen LogP contribution in [-0.4, -0.2) is 13.0 Å². The number of rotatable bonds is 4. The Labute approximate surface area is 130 Å². The number of benzene rings is 2. The van der Waals surface area contributed by atoms with Crippen molar-refractivity contribution in [3.05, 3.63) is 59.2 Å². The number of ether oxygens (including phenoxy) is 1. The van der Waals surface area contributed by atoms with Gasteiger partial charge in [0.2, 0.25) is 0 Å². The van der Waals surface area contributed by atoms with E-state index in [4.69, 9.17) is 4.74 Å². The summed E-state index contributed by atoms with van der Waals surface area (Å²) in [6.45, 7) is 0. The van der Waals surface area contributed by atoms with Crippen LogP contribution in [0.4, 0.5) is 10.1 Å². The van der Waals surface area contributed by atoms with Crippen LogP contribution in [0.25, 0.3) is 10.1 Å². The molecule has 0 bridgehead atoms. The molecule has 0 aliphatic heterocycles. The second-order valence-electron chi connectivity index (χ2n) is 4.60. The van der Waals surface area contributed by atoms with Gasteiger partial charge in [0.05, 0.1) is 17.7 Å². The summed E-state index contributed by atoms with van der Waals surface area (Å²) < 4.78 is 19.2. The van der Waals surface area contributed by atoms with E-state index in [9.17, 15) is 9.18 Å². The van der Waals surface area contributed by atoms with Gasteiger partial charge in [-0.1, -0.05) is 6.07 Å². The lowest BCUT2D eigenvalue weighted by atomic mass is 10.2. The first-order valence-corrected chi connectivity index (χ1v) is 7.37. The molecule has 0 atom stereocenters. The van der Waals surface area contributed by atoms with Gasteiger partial charge in [-0.05, 0) is 47.9 Å². The Kier molecular flexibility index (Phi) is 3.93. The molecule has 0 saturated heterocycles. The predicted molar refractivity (Wildman–Crippen MR) is 85.9 cm³/mol. The summed E-state index contributed by atoms with van der Waals surface area (Å²) in [4.78, 5) is 12.7. The molecule has 0 aliphatic carbocycles. The maximum absolute atomic E-state index is 13.1. The highest BCUT2D eigenvalue weighted by Crippen LogP contribution is 2.28. The number of hydrazine groups is 1. The normalized spacial score (nSPS) is 10.5. The Balaban J connectivity index is 1.74. The fourth-order valence-corrected chi connectivity index (χ4v) is 2.96. The van der Waals surface area contributed by atoms with Crippen molar-refractivity contribution in [1.82, 2.24) is 5.43 Å². The van der Waals surface area contributed by atoms with Gasteiger partial charge in [0.15, 0.2) is 0 Å². The first-order chi connectivity index (χ1) is 10.7. The predicted octanol–water partition coefficient (Wildman–Crippen LogP) is 3.81. The molecule has 1 aromatic heterocycles. The molecule has 3 rings (SSSR count). The summed E-state index contributed by atoms with van der Waals surface area (Å²) in [6, 6.07) is 13.3. The zero-order valence-electron chi connectivity index (χ0n) is 11.7. The number of hydrogen-bond acceptors (Lipinski definition) is 4. The number of halogens is 1. The van der Waals surface area contributed by atoms with Crippen LogP contribution in [0.1, 0.15) is 9.67 Å². The zero-order chi connectivity index (χ0) is 15.5. The molecule has 0 spiro atoms. The fraction of sp³-hybridized carbons (Fsp3) is 0.0625. The van der Waals surface area contributed by atoms with Crippen molar-refractivity contribution >= 4 is 33.0 Å². The van der Waals surface area contributed by atoms with E-state index in [0.29, 0.717) is 10.6 Å². The molecule has 1 heterocycles. The van der Waals surface area contributed by atoms with Crippen LogP contribution in [0.5, 0.6) is 5.75 Å². The van der Waals surface area contributed by atoms with E-state index >= 15 is 0 Å². The Hall–Kier alpha value is -2.60. The Morgan fingerprint density at radius 2 is 2.05 bits per heavy atom. The highest BCUT2D eigenvalue weighted by atomic mass is 32.1. The highest BCUT2D eigenvalue weighted by Gasteiger charge is 2.10. The van der Waals surface area contributed by atoms with Crippen LogP contribution < -0.4 is 15.6 Å². The van der Waals surface area contributed by atoms with E-state index < -0.39 is 0 Å². The number of carbonyl (C=O) groups excluding carboxylic acids is 1. The zero-order valence-corrected chi connectivity index (χ0v) is 12.5. The van der Waals surface area contributed by atoms with E-state index in [1.165, 1.54) is 23.5 Å². The number of carbonyl (C=O) groups is 1. The van der Waals surface area contributed by atoms with Gasteiger partial charge in [-0.2, -0.15) is 0 Å². The Morgan fingerprint density at radius 3 is 2.82 bits per heavy atom. The van der Waals surface area contributed by atoms with E-state index in [1.807, 2.05) is 18.2 Å². The number of fused-ring (bicyclic) bond motifs is 1. The fourth-order valence-electron chi connectivity index (χ4n) is 2.02. The van der Waals surface area contributed by atoms with Crippen LogP contribution in [0.3, 0.4) is 0 Å². The second-order valence-corrected chi connectivity index (χ2v) is 5.69. The van der Waals surface area contributed by atoms with Crippen molar-refractivity contribution < 1.29 is 13.9 Å². The number of amides is 1. The smallest absolute Gasteiger partial charge is 0.279 e. The molecule has 4 nitrogen and oxygen atoms in total. The monoisotopic (exact) mass is 316 g/mol. The summed E-state index contributed by atoms with van der Waals surface area (Å²) in [6.07, 6.45) is 0. The molecule has 1 amide bonds. The SMILES string of the molecule is COc1ccc2sc(C(=O)NNc3cccc(F)c3)cc2c1. The van der Waals surface area contributed by atoms with Gasteiger partial charge in [0.25, 0.3) is 5.91 Å². The van der Waals surface area contributed by atoms with Crippen LogP contribution in [0.15, 0.2) is 48.5 Å². The Bertz CT molecular complexity index is 832. The van der Waals surface area contributed by atoms with E-state index in [1.54, 1.807) is 25.3 Å². The first-order valence-electron chi connectivity index (χ1n) is 6.55. The molecule has 2 N–H and O–H groups in total. The van der Waals surface area contributed by atoms with Crippen molar-refractivity contribution in [3.8, 4) is 5.75 Å². The molecule has 0 aliphatic rings. The molecule has 3 aromatic rings. The average molecular weight is 316 g/mol. The molecular weight excluding hydrogens is 303 g/mol. The maximum atomic E-state index is 13.1. The minimum atomic E-state index is -0.367. The molecule has 2 aromatic carbocycles. The summed E-state index contributed by atoms with van der Waals surface area (Å²) in [5.41, 5.74) is 5.73. The van der Waals surface area contributed by atoms with Gasteiger partial charge < -0.3 is 4.74 Å². The third kappa shape index (κ3) is 3.01. The van der Waals surface area contributed by atoms with Gasteiger partial charge in [-0.15, -0.1) is 11.3 Å². The minimum Gasteiger partial charge on any atom is -0.497 e. The number of thiophene rings is 1. The number of nitrogens with one attached hydrogen (secondary N) is 2. The maximum Gasteiger partial charge on any atom is 0.279 e. The summed E-state index contributed by atoms with van der Waals surface area (Å²) in [7, 11) is 1.60. The lowest BCUT2D eigenvalue weighted by Crippen LogP contribution is -2.28. The molecule has 6 heteroatoms. The molecular formula is C16H13FN2O2S.